The fourth-order valence-electron chi connectivity index (χ4n) is 3.49. The third kappa shape index (κ3) is 3.62. The van der Waals surface area contributed by atoms with Crippen LogP contribution in [0.2, 0.25) is 0 Å². The highest BCUT2D eigenvalue weighted by molar-refractivity contribution is 5.96. The first-order chi connectivity index (χ1) is 12.1. The van der Waals surface area contributed by atoms with Crippen molar-refractivity contribution in [3.8, 4) is 5.88 Å². The Kier molecular flexibility index (Phi) is 4.36. The van der Waals surface area contributed by atoms with E-state index in [4.69, 9.17) is 10.5 Å². The Balaban J connectivity index is 1.56. The lowest BCUT2D eigenvalue weighted by Gasteiger charge is -2.33. The highest BCUT2D eigenvalue weighted by atomic mass is 16.5. The quantitative estimate of drug-likeness (QED) is 0.858. The average Bonchev–Trinajstić information content (AvgIpc) is 3.53. The topological polar surface area (TPSA) is 85.5 Å². The summed E-state index contributed by atoms with van der Waals surface area (Å²) in [7, 11) is 0. The zero-order valence-electron chi connectivity index (χ0n) is 14.4. The number of pyridine rings is 1. The molecule has 0 bridgehead atoms. The van der Waals surface area contributed by atoms with Crippen molar-refractivity contribution >= 4 is 11.8 Å². The third-order valence-electron chi connectivity index (χ3n) is 5.37. The number of rotatable bonds is 6. The molecule has 3 aliphatic rings. The Morgan fingerprint density at radius 1 is 1.16 bits per heavy atom. The van der Waals surface area contributed by atoms with Gasteiger partial charge in [-0.1, -0.05) is 6.07 Å². The van der Waals surface area contributed by atoms with Crippen LogP contribution >= 0.6 is 0 Å². The van der Waals surface area contributed by atoms with E-state index in [1.807, 2.05) is 6.07 Å². The van der Waals surface area contributed by atoms with Crippen molar-refractivity contribution in [3.63, 3.8) is 0 Å². The van der Waals surface area contributed by atoms with E-state index in [1.165, 1.54) is 12.8 Å². The second-order valence-corrected chi connectivity index (χ2v) is 7.53. The van der Waals surface area contributed by atoms with Crippen molar-refractivity contribution in [1.29, 1.82) is 0 Å². The number of hydrogen-bond acceptors (Lipinski definition) is 4. The molecule has 6 heteroatoms. The van der Waals surface area contributed by atoms with Crippen LogP contribution in [0.25, 0.3) is 0 Å². The van der Waals surface area contributed by atoms with Crippen LogP contribution in [-0.4, -0.2) is 40.9 Å². The van der Waals surface area contributed by atoms with Crippen molar-refractivity contribution in [1.82, 2.24) is 9.88 Å². The smallest absolute Gasteiger partial charge is 0.273 e. The first-order valence-corrected chi connectivity index (χ1v) is 9.37. The summed E-state index contributed by atoms with van der Waals surface area (Å²) < 4.78 is 5.94. The fourth-order valence-corrected chi connectivity index (χ4v) is 3.49. The van der Waals surface area contributed by atoms with Gasteiger partial charge in [-0.2, -0.15) is 0 Å². The largest absolute Gasteiger partial charge is 0.477 e. The average molecular weight is 343 g/mol. The summed E-state index contributed by atoms with van der Waals surface area (Å²) in [6.45, 7) is 1.23. The number of hydrogen-bond donors (Lipinski definition) is 1. The molecule has 3 fully saturated rings. The van der Waals surface area contributed by atoms with Crippen LogP contribution < -0.4 is 10.5 Å². The van der Waals surface area contributed by atoms with Gasteiger partial charge in [-0.05, 0) is 62.8 Å². The van der Waals surface area contributed by atoms with Gasteiger partial charge in [-0.15, -0.1) is 0 Å². The molecule has 2 heterocycles. The predicted molar refractivity (Wildman–Crippen MR) is 92.3 cm³/mol. The van der Waals surface area contributed by atoms with Gasteiger partial charge >= 0.3 is 0 Å². The summed E-state index contributed by atoms with van der Waals surface area (Å²) in [5.74, 6) is 1.09. The second-order valence-electron chi connectivity index (χ2n) is 7.53. The molecule has 1 saturated heterocycles. The summed E-state index contributed by atoms with van der Waals surface area (Å²) in [6, 6.07) is 3.22. The van der Waals surface area contributed by atoms with Crippen LogP contribution in [0.5, 0.6) is 5.88 Å². The van der Waals surface area contributed by atoms with E-state index in [1.54, 1.807) is 11.0 Å². The Hall–Kier alpha value is -2.11. The van der Waals surface area contributed by atoms with Crippen LogP contribution in [-0.2, 0) is 4.79 Å². The lowest BCUT2D eigenvalue weighted by molar-refractivity contribution is -0.123. The van der Waals surface area contributed by atoms with Gasteiger partial charge in [-0.3, -0.25) is 9.59 Å². The molecule has 2 N–H and O–H groups in total. The lowest BCUT2D eigenvalue weighted by atomic mass is 10.0. The molecule has 1 unspecified atom stereocenters. The molecule has 1 atom stereocenters. The van der Waals surface area contributed by atoms with Crippen molar-refractivity contribution in [2.45, 2.75) is 56.9 Å². The van der Waals surface area contributed by atoms with Crippen LogP contribution in [0, 0.1) is 5.92 Å². The van der Waals surface area contributed by atoms with Gasteiger partial charge in [-0.25, -0.2) is 4.98 Å². The maximum atomic E-state index is 12.9. The second kappa shape index (κ2) is 6.65. The van der Waals surface area contributed by atoms with E-state index >= 15 is 0 Å². The summed E-state index contributed by atoms with van der Waals surface area (Å²) in [6.07, 6.45) is 7.18. The summed E-state index contributed by atoms with van der Waals surface area (Å²) >= 11 is 0. The Labute approximate surface area is 147 Å². The number of likely N-dealkylation sites (tertiary alicyclic amines) is 1. The molecule has 2 saturated carbocycles. The maximum absolute atomic E-state index is 12.9. The first kappa shape index (κ1) is 16.4. The van der Waals surface area contributed by atoms with E-state index in [0.717, 1.165) is 31.2 Å². The number of nitrogens with two attached hydrogens (primary N) is 1. The highest BCUT2D eigenvalue weighted by Gasteiger charge is 2.34. The van der Waals surface area contributed by atoms with Crippen molar-refractivity contribution in [2.75, 3.05) is 13.2 Å². The molecule has 25 heavy (non-hydrogen) atoms. The summed E-state index contributed by atoms with van der Waals surface area (Å²) in [5.41, 5.74) is 6.95. The molecule has 1 aliphatic heterocycles. The van der Waals surface area contributed by atoms with Gasteiger partial charge in [0, 0.05) is 12.1 Å². The molecular formula is C19H25N3O3. The molecule has 4 rings (SSSR count). The molecule has 0 radical (unpaired) electrons. The van der Waals surface area contributed by atoms with Gasteiger partial charge in [0.15, 0.2) is 0 Å². The van der Waals surface area contributed by atoms with E-state index < -0.39 is 11.9 Å². The molecule has 1 aromatic heterocycles. The highest BCUT2D eigenvalue weighted by Crippen LogP contribution is 2.44. The Morgan fingerprint density at radius 3 is 2.64 bits per heavy atom. The first-order valence-electron chi connectivity index (χ1n) is 9.37. The van der Waals surface area contributed by atoms with Crippen LogP contribution in [0.1, 0.15) is 66.9 Å². The van der Waals surface area contributed by atoms with Crippen molar-refractivity contribution < 1.29 is 14.3 Å². The predicted octanol–water partition coefficient (Wildman–Crippen LogP) is 2.23. The Morgan fingerprint density at radius 2 is 1.96 bits per heavy atom. The lowest BCUT2D eigenvalue weighted by Crippen LogP contribution is -2.50. The van der Waals surface area contributed by atoms with E-state index in [-0.39, 0.29) is 5.91 Å². The minimum Gasteiger partial charge on any atom is -0.477 e. The van der Waals surface area contributed by atoms with Gasteiger partial charge in [0.25, 0.3) is 5.91 Å². The zero-order valence-corrected chi connectivity index (χ0v) is 14.4. The molecule has 0 spiro atoms. The van der Waals surface area contributed by atoms with Crippen LogP contribution in [0.3, 0.4) is 0 Å². The number of primary amides is 1. The van der Waals surface area contributed by atoms with Gasteiger partial charge in [0.2, 0.25) is 11.8 Å². The molecular weight excluding hydrogens is 318 g/mol. The number of amides is 2. The number of nitrogens with zero attached hydrogens (tertiary/aromatic N) is 2. The van der Waals surface area contributed by atoms with Gasteiger partial charge in [0.05, 0.1) is 6.61 Å². The molecule has 1 aromatic rings. The number of carbonyl (C=O) groups is 2. The SMILES string of the molecule is NC(=O)C1CCCCN1C(=O)c1ccc(C2CC2)c(OCC2CC2)n1. The number of aromatic nitrogens is 1. The normalized spacial score (nSPS) is 23.4. The number of piperidine rings is 1. The standard InChI is InChI=1S/C19H25N3O3/c20-17(23)16-3-1-2-10-22(16)19(24)15-9-8-14(13-6-7-13)18(21-15)25-11-12-4-5-12/h8-9,12-13,16H,1-7,10-11H2,(H2,20,23). The van der Waals surface area contributed by atoms with E-state index in [0.29, 0.717) is 43.0 Å². The molecule has 134 valence electrons. The third-order valence-corrected chi connectivity index (χ3v) is 5.37. The van der Waals surface area contributed by atoms with Crippen molar-refractivity contribution in [3.05, 3.63) is 23.4 Å². The Bertz CT molecular complexity index is 682. The van der Waals surface area contributed by atoms with Gasteiger partial charge in [0.1, 0.15) is 11.7 Å². The van der Waals surface area contributed by atoms with Crippen molar-refractivity contribution in [2.24, 2.45) is 11.7 Å². The maximum Gasteiger partial charge on any atom is 0.273 e. The molecule has 0 aromatic carbocycles. The van der Waals surface area contributed by atoms with Crippen LogP contribution in [0.15, 0.2) is 12.1 Å². The fraction of sp³-hybridized carbons (Fsp3) is 0.632. The van der Waals surface area contributed by atoms with Gasteiger partial charge < -0.3 is 15.4 Å². The molecule has 2 amide bonds. The number of ether oxygens (including phenoxy) is 1. The minimum atomic E-state index is -0.526. The molecule has 6 nitrogen and oxygen atoms in total. The monoisotopic (exact) mass is 343 g/mol. The van der Waals surface area contributed by atoms with E-state index in [2.05, 4.69) is 4.98 Å². The number of carbonyl (C=O) groups excluding carboxylic acids is 2. The summed E-state index contributed by atoms with van der Waals surface area (Å²) in [4.78, 5) is 30.7. The molecule has 2 aliphatic carbocycles. The minimum absolute atomic E-state index is 0.220. The zero-order chi connectivity index (χ0) is 17.4. The van der Waals surface area contributed by atoms with Crippen LogP contribution in [0.4, 0.5) is 0 Å². The summed E-state index contributed by atoms with van der Waals surface area (Å²) in [5, 5.41) is 0. The van der Waals surface area contributed by atoms with E-state index in [9.17, 15) is 9.59 Å².